The summed E-state index contributed by atoms with van der Waals surface area (Å²) >= 11 is 6.24. The average Bonchev–Trinajstić information content (AvgIpc) is 2.93. The van der Waals surface area contributed by atoms with E-state index in [0.717, 1.165) is 11.3 Å². The van der Waals surface area contributed by atoms with E-state index in [2.05, 4.69) is 61.9 Å². The summed E-state index contributed by atoms with van der Waals surface area (Å²) in [5, 5.41) is 13.2. The molecule has 2 N–H and O–H groups in total. The third-order valence-electron chi connectivity index (χ3n) is 4.62. The van der Waals surface area contributed by atoms with Crippen molar-refractivity contribution in [3.63, 3.8) is 0 Å². The smallest absolute Gasteiger partial charge is 0.139 e. The molecular formula is C33H49ClN2O. The van der Waals surface area contributed by atoms with Crippen molar-refractivity contribution in [1.29, 1.82) is 0 Å². The number of aliphatic hydroxyl groups is 1. The predicted molar refractivity (Wildman–Crippen MR) is 167 cm³/mol. The zero-order valence-electron chi connectivity index (χ0n) is 24.6. The van der Waals surface area contributed by atoms with E-state index in [-0.39, 0.29) is 0 Å². The molecule has 0 fully saturated rings. The fourth-order valence-electron chi connectivity index (χ4n) is 2.73. The van der Waals surface area contributed by atoms with Crippen molar-refractivity contribution < 1.29 is 5.11 Å². The maximum atomic E-state index is 9.60. The van der Waals surface area contributed by atoms with Crippen LogP contribution in [0.2, 0.25) is 5.02 Å². The molecule has 0 heterocycles. The molecule has 0 radical (unpaired) electrons. The van der Waals surface area contributed by atoms with Crippen LogP contribution in [0.15, 0.2) is 96.1 Å². The molecule has 204 valence electrons. The van der Waals surface area contributed by atoms with Crippen molar-refractivity contribution >= 4 is 23.1 Å². The number of para-hydroxylation sites is 1. The molecule has 0 aliphatic carbocycles. The van der Waals surface area contributed by atoms with Crippen molar-refractivity contribution in [1.82, 2.24) is 5.32 Å². The average molecular weight is 525 g/mol. The van der Waals surface area contributed by atoms with Gasteiger partial charge in [0.25, 0.3) is 0 Å². The molecular weight excluding hydrogens is 476 g/mol. The van der Waals surface area contributed by atoms with Gasteiger partial charge >= 0.3 is 0 Å². The molecule has 1 atom stereocenters. The van der Waals surface area contributed by atoms with Crippen LogP contribution < -0.4 is 5.32 Å². The Labute approximate surface area is 232 Å². The van der Waals surface area contributed by atoms with Gasteiger partial charge in [-0.1, -0.05) is 134 Å². The SMILES string of the molecule is C=C(NC(=Nc1ccccc1)c1ccccc1Cl)C(C)O.CC.CC.CC.Cc1cccc(C(C)C)c1. The summed E-state index contributed by atoms with van der Waals surface area (Å²) in [7, 11) is 0. The molecule has 0 aromatic heterocycles. The van der Waals surface area contributed by atoms with E-state index < -0.39 is 6.10 Å². The first-order valence-electron chi connectivity index (χ1n) is 13.4. The molecule has 0 amide bonds. The molecule has 0 spiro atoms. The summed E-state index contributed by atoms with van der Waals surface area (Å²) in [5.41, 5.74) is 4.79. The summed E-state index contributed by atoms with van der Waals surface area (Å²) in [6.07, 6.45) is -0.687. The normalized spacial score (nSPS) is 10.6. The Kier molecular flexibility index (Phi) is 21.9. The van der Waals surface area contributed by atoms with Gasteiger partial charge < -0.3 is 10.4 Å². The molecule has 0 saturated heterocycles. The van der Waals surface area contributed by atoms with E-state index in [9.17, 15) is 5.11 Å². The summed E-state index contributed by atoms with van der Waals surface area (Å²) in [6, 6.07) is 25.6. The van der Waals surface area contributed by atoms with Crippen molar-refractivity contribution in [2.45, 2.75) is 81.3 Å². The Hall–Kier alpha value is -2.88. The largest absolute Gasteiger partial charge is 0.387 e. The van der Waals surface area contributed by atoms with Crippen molar-refractivity contribution in [3.8, 4) is 0 Å². The van der Waals surface area contributed by atoms with Crippen molar-refractivity contribution in [2.75, 3.05) is 0 Å². The van der Waals surface area contributed by atoms with Gasteiger partial charge in [-0.2, -0.15) is 0 Å². The van der Waals surface area contributed by atoms with Crippen molar-refractivity contribution in [3.05, 3.63) is 113 Å². The van der Waals surface area contributed by atoms with Crippen LogP contribution in [0.5, 0.6) is 0 Å². The molecule has 37 heavy (non-hydrogen) atoms. The zero-order valence-corrected chi connectivity index (χ0v) is 25.4. The van der Waals surface area contributed by atoms with Crippen LogP contribution in [-0.2, 0) is 0 Å². The predicted octanol–water partition coefficient (Wildman–Crippen LogP) is 10.1. The van der Waals surface area contributed by atoms with Crippen LogP contribution >= 0.6 is 11.6 Å². The summed E-state index contributed by atoms with van der Waals surface area (Å²) in [4.78, 5) is 4.56. The number of aliphatic hydroxyl groups excluding tert-OH is 1. The quantitative estimate of drug-likeness (QED) is 0.257. The summed E-state index contributed by atoms with van der Waals surface area (Å²) < 4.78 is 0. The highest BCUT2D eigenvalue weighted by atomic mass is 35.5. The van der Waals surface area contributed by atoms with E-state index in [1.54, 1.807) is 13.0 Å². The standard InChI is InChI=1S/C17H17ClN2O.C10H14.3C2H6/c1-12(13(2)21)19-17(15-10-6-7-11-16(15)18)20-14-8-4-3-5-9-14;1-8(2)10-6-4-5-9(3)7-10;3*1-2/h3-11,13,21H,1H2,2H3,(H,19,20);4-8H,1-3H3;3*1-2H3. The van der Waals surface area contributed by atoms with Gasteiger partial charge in [0.15, 0.2) is 0 Å². The number of nitrogens with one attached hydrogen (secondary N) is 1. The second-order valence-corrected chi connectivity index (χ2v) is 8.08. The fraction of sp³-hybridized carbons (Fsp3) is 0.364. The third-order valence-corrected chi connectivity index (χ3v) is 4.95. The van der Waals surface area contributed by atoms with Gasteiger partial charge in [0.2, 0.25) is 0 Å². The number of nitrogens with zero attached hydrogens (tertiary/aromatic N) is 1. The lowest BCUT2D eigenvalue weighted by Crippen LogP contribution is -2.28. The van der Waals surface area contributed by atoms with Crippen LogP contribution in [0, 0.1) is 6.92 Å². The lowest BCUT2D eigenvalue weighted by Gasteiger charge is -2.15. The molecule has 0 saturated carbocycles. The Balaban J connectivity index is 0. The van der Waals surface area contributed by atoms with E-state index >= 15 is 0 Å². The first-order valence-corrected chi connectivity index (χ1v) is 13.7. The Morgan fingerprint density at radius 2 is 1.35 bits per heavy atom. The highest BCUT2D eigenvalue weighted by Gasteiger charge is 2.11. The second-order valence-electron chi connectivity index (χ2n) is 7.67. The molecule has 1 unspecified atom stereocenters. The third kappa shape index (κ3) is 15.1. The highest BCUT2D eigenvalue weighted by molar-refractivity contribution is 6.34. The summed E-state index contributed by atoms with van der Waals surface area (Å²) in [6.45, 7) is 24.0. The monoisotopic (exact) mass is 524 g/mol. The van der Waals surface area contributed by atoms with Gasteiger partial charge in [-0.05, 0) is 49.6 Å². The van der Waals surface area contributed by atoms with Gasteiger partial charge in [-0.3, -0.25) is 0 Å². The van der Waals surface area contributed by atoms with Gasteiger partial charge in [0, 0.05) is 11.3 Å². The Bertz CT molecular complexity index is 1010. The number of aryl methyl sites for hydroxylation is 1. The fourth-order valence-corrected chi connectivity index (χ4v) is 2.95. The number of rotatable bonds is 5. The van der Waals surface area contributed by atoms with Gasteiger partial charge in [-0.25, -0.2) is 4.99 Å². The van der Waals surface area contributed by atoms with E-state index in [1.165, 1.54) is 11.1 Å². The van der Waals surface area contributed by atoms with E-state index in [0.29, 0.717) is 22.5 Å². The highest BCUT2D eigenvalue weighted by Crippen LogP contribution is 2.19. The van der Waals surface area contributed by atoms with Gasteiger partial charge in [0.05, 0.1) is 16.8 Å². The zero-order chi connectivity index (χ0) is 28.8. The van der Waals surface area contributed by atoms with Crippen LogP contribution in [-0.4, -0.2) is 17.0 Å². The number of benzene rings is 3. The topological polar surface area (TPSA) is 44.6 Å². The van der Waals surface area contributed by atoms with Gasteiger partial charge in [0.1, 0.15) is 5.84 Å². The number of halogens is 1. The van der Waals surface area contributed by atoms with Gasteiger partial charge in [-0.15, -0.1) is 0 Å². The Morgan fingerprint density at radius 3 is 1.81 bits per heavy atom. The molecule has 3 aromatic rings. The van der Waals surface area contributed by atoms with Crippen LogP contribution in [0.1, 0.15) is 84.9 Å². The number of aliphatic imine (C=N–C) groups is 1. The molecule has 3 aromatic carbocycles. The first-order chi connectivity index (χ1) is 17.8. The molecule has 3 nitrogen and oxygen atoms in total. The number of hydrogen-bond acceptors (Lipinski definition) is 2. The van der Waals surface area contributed by atoms with E-state index in [4.69, 9.17) is 11.6 Å². The number of hydrogen-bond donors (Lipinski definition) is 2. The second kappa shape index (κ2) is 22.3. The molecule has 0 aliphatic rings. The first kappa shape index (κ1) is 36.3. The minimum absolute atomic E-state index is 0.463. The van der Waals surface area contributed by atoms with Crippen molar-refractivity contribution in [2.24, 2.45) is 4.99 Å². The van der Waals surface area contributed by atoms with E-state index in [1.807, 2.05) is 90.1 Å². The van der Waals surface area contributed by atoms with Crippen LogP contribution in [0.25, 0.3) is 0 Å². The molecule has 4 heteroatoms. The molecule has 0 bridgehead atoms. The summed E-state index contributed by atoms with van der Waals surface area (Å²) in [5.74, 6) is 1.21. The minimum atomic E-state index is -0.687. The lowest BCUT2D eigenvalue weighted by molar-refractivity contribution is 0.227. The van der Waals surface area contributed by atoms with Crippen LogP contribution in [0.4, 0.5) is 5.69 Å². The lowest BCUT2D eigenvalue weighted by atomic mass is 10.0. The van der Waals surface area contributed by atoms with Crippen LogP contribution in [0.3, 0.4) is 0 Å². The maximum Gasteiger partial charge on any atom is 0.139 e. The molecule has 0 aliphatic heterocycles. The Morgan fingerprint density at radius 1 is 0.811 bits per heavy atom. The minimum Gasteiger partial charge on any atom is -0.387 e. The maximum absolute atomic E-state index is 9.60. The number of amidine groups is 1. The molecule has 3 rings (SSSR count).